The Labute approximate surface area is 117 Å². The fourth-order valence-electron chi connectivity index (χ4n) is 2.16. The van der Waals surface area contributed by atoms with Crippen LogP contribution in [0.25, 0.3) is 0 Å². The summed E-state index contributed by atoms with van der Waals surface area (Å²) in [5.41, 5.74) is -0.0402. The highest BCUT2D eigenvalue weighted by Gasteiger charge is 2.32. The fourth-order valence-corrected chi connectivity index (χ4v) is 2.36. The van der Waals surface area contributed by atoms with Gasteiger partial charge in [-0.05, 0) is 38.0 Å². The van der Waals surface area contributed by atoms with Crippen molar-refractivity contribution < 1.29 is 9.90 Å². The van der Waals surface area contributed by atoms with E-state index in [0.717, 1.165) is 0 Å². The van der Waals surface area contributed by atoms with Crippen LogP contribution in [0, 0.1) is 16.7 Å². The largest absolute Gasteiger partial charge is 0.508 e. The normalized spacial score (nSPS) is 17.8. The second-order valence-electron chi connectivity index (χ2n) is 5.13. The first-order valence-corrected chi connectivity index (χ1v) is 6.52. The molecule has 0 aliphatic carbocycles. The summed E-state index contributed by atoms with van der Waals surface area (Å²) in [6.07, 6.45) is 1.32. The van der Waals surface area contributed by atoms with Gasteiger partial charge in [0.15, 0.2) is 0 Å². The van der Waals surface area contributed by atoms with Crippen molar-refractivity contribution in [2.75, 3.05) is 13.1 Å². The molecular weight excluding hydrogens is 264 g/mol. The molecule has 0 aromatic heterocycles. The number of halogens is 1. The first-order chi connectivity index (χ1) is 8.95. The van der Waals surface area contributed by atoms with E-state index in [1.165, 1.54) is 18.2 Å². The highest BCUT2D eigenvalue weighted by atomic mass is 35.5. The Balaban J connectivity index is 2.14. The number of rotatable bonds is 1. The van der Waals surface area contributed by atoms with Gasteiger partial charge < -0.3 is 10.0 Å². The van der Waals surface area contributed by atoms with Crippen LogP contribution in [0.4, 0.5) is 0 Å². The molecule has 5 heteroatoms. The van der Waals surface area contributed by atoms with Crippen LogP contribution in [0.2, 0.25) is 5.02 Å². The van der Waals surface area contributed by atoms with Crippen molar-refractivity contribution in [3.05, 3.63) is 28.8 Å². The summed E-state index contributed by atoms with van der Waals surface area (Å²) in [6.45, 7) is 2.99. The van der Waals surface area contributed by atoms with Crippen molar-refractivity contribution in [2.45, 2.75) is 19.8 Å². The Bertz CT molecular complexity index is 543. The third-order valence-electron chi connectivity index (χ3n) is 3.60. The molecule has 1 heterocycles. The van der Waals surface area contributed by atoms with Gasteiger partial charge in [0.2, 0.25) is 0 Å². The number of nitriles is 1. The van der Waals surface area contributed by atoms with E-state index in [-0.39, 0.29) is 17.1 Å². The Morgan fingerprint density at radius 2 is 2.11 bits per heavy atom. The number of hydrogen-bond donors (Lipinski definition) is 1. The van der Waals surface area contributed by atoms with Gasteiger partial charge in [0.25, 0.3) is 5.91 Å². The van der Waals surface area contributed by atoms with Crippen molar-refractivity contribution in [1.82, 2.24) is 4.90 Å². The number of phenols is 1. The van der Waals surface area contributed by atoms with Crippen LogP contribution in [0.3, 0.4) is 0 Å². The monoisotopic (exact) mass is 278 g/mol. The number of hydrogen-bond acceptors (Lipinski definition) is 3. The molecular formula is C14H15ClN2O2. The highest BCUT2D eigenvalue weighted by Crippen LogP contribution is 2.31. The third-order valence-corrected chi connectivity index (χ3v) is 3.93. The second kappa shape index (κ2) is 5.10. The average Bonchev–Trinajstić information content (AvgIpc) is 2.42. The van der Waals surface area contributed by atoms with Gasteiger partial charge in [0, 0.05) is 13.1 Å². The third kappa shape index (κ3) is 2.82. The smallest absolute Gasteiger partial charge is 0.255 e. The number of aromatic hydroxyl groups is 1. The Morgan fingerprint density at radius 3 is 2.68 bits per heavy atom. The summed E-state index contributed by atoms with van der Waals surface area (Å²) >= 11 is 5.98. The van der Waals surface area contributed by atoms with E-state index in [4.69, 9.17) is 16.9 Å². The molecule has 0 bridgehead atoms. The van der Waals surface area contributed by atoms with Gasteiger partial charge in [-0.3, -0.25) is 4.79 Å². The maximum absolute atomic E-state index is 12.3. The number of phenolic OH excluding ortho intramolecular Hbond substituents is 1. The molecule has 1 saturated heterocycles. The van der Waals surface area contributed by atoms with E-state index >= 15 is 0 Å². The molecule has 0 saturated carbocycles. The standard InChI is InChI=1S/C14H15ClN2O2/c1-14(9-16)4-6-17(7-5-14)13(19)11-8-10(18)2-3-12(11)15/h2-3,8,18H,4-7H2,1H3. The minimum atomic E-state index is -0.348. The molecule has 0 unspecified atom stereocenters. The van der Waals surface area contributed by atoms with Crippen LogP contribution in [-0.2, 0) is 0 Å². The zero-order chi connectivity index (χ0) is 14.0. The van der Waals surface area contributed by atoms with Gasteiger partial charge in [-0.1, -0.05) is 11.6 Å². The summed E-state index contributed by atoms with van der Waals surface area (Å²) in [4.78, 5) is 14.0. The molecule has 1 N–H and O–H groups in total. The minimum absolute atomic E-state index is 0.0200. The van der Waals surface area contributed by atoms with Crippen LogP contribution >= 0.6 is 11.6 Å². The molecule has 19 heavy (non-hydrogen) atoms. The molecule has 0 radical (unpaired) electrons. The quantitative estimate of drug-likeness (QED) is 0.859. The molecule has 1 aliphatic heterocycles. The van der Waals surface area contributed by atoms with E-state index in [1.807, 2.05) is 6.92 Å². The summed E-state index contributed by atoms with van der Waals surface area (Å²) in [7, 11) is 0. The first-order valence-electron chi connectivity index (χ1n) is 6.14. The summed E-state index contributed by atoms with van der Waals surface area (Å²) in [5, 5.41) is 18.8. The van der Waals surface area contributed by atoms with E-state index in [0.29, 0.717) is 36.5 Å². The van der Waals surface area contributed by atoms with Crippen molar-refractivity contribution in [1.29, 1.82) is 5.26 Å². The summed E-state index contributed by atoms with van der Waals surface area (Å²) in [5.74, 6) is -0.174. The van der Waals surface area contributed by atoms with Gasteiger partial charge in [-0.15, -0.1) is 0 Å². The van der Waals surface area contributed by atoms with Crippen LogP contribution in [0.15, 0.2) is 18.2 Å². The maximum Gasteiger partial charge on any atom is 0.255 e. The predicted octanol–water partition coefficient (Wildman–Crippen LogP) is 2.81. The Morgan fingerprint density at radius 1 is 1.47 bits per heavy atom. The van der Waals surface area contributed by atoms with Crippen molar-refractivity contribution in [2.24, 2.45) is 5.41 Å². The van der Waals surface area contributed by atoms with Crippen molar-refractivity contribution >= 4 is 17.5 Å². The van der Waals surface area contributed by atoms with E-state index in [1.54, 1.807) is 4.90 Å². The molecule has 1 amide bonds. The molecule has 1 aromatic rings. The van der Waals surface area contributed by atoms with Gasteiger partial charge in [0.05, 0.1) is 22.1 Å². The fraction of sp³-hybridized carbons (Fsp3) is 0.429. The van der Waals surface area contributed by atoms with Crippen LogP contribution in [0.1, 0.15) is 30.1 Å². The van der Waals surface area contributed by atoms with Crippen molar-refractivity contribution in [3.63, 3.8) is 0 Å². The number of piperidine rings is 1. The van der Waals surface area contributed by atoms with Gasteiger partial charge in [0.1, 0.15) is 5.75 Å². The van der Waals surface area contributed by atoms with Gasteiger partial charge in [-0.2, -0.15) is 5.26 Å². The first kappa shape index (κ1) is 13.7. The van der Waals surface area contributed by atoms with E-state index in [2.05, 4.69) is 6.07 Å². The molecule has 0 spiro atoms. The van der Waals surface area contributed by atoms with Crippen LogP contribution in [-0.4, -0.2) is 29.0 Å². The lowest BCUT2D eigenvalue weighted by atomic mass is 9.82. The lowest BCUT2D eigenvalue weighted by Gasteiger charge is -2.35. The Hall–Kier alpha value is -1.73. The van der Waals surface area contributed by atoms with Crippen LogP contribution in [0.5, 0.6) is 5.75 Å². The SMILES string of the molecule is CC1(C#N)CCN(C(=O)c2cc(O)ccc2Cl)CC1. The number of amides is 1. The number of carbonyl (C=O) groups excluding carboxylic acids is 1. The minimum Gasteiger partial charge on any atom is -0.508 e. The maximum atomic E-state index is 12.3. The number of benzene rings is 1. The number of likely N-dealkylation sites (tertiary alicyclic amines) is 1. The van der Waals surface area contributed by atoms with E-state index < -0.39 is 0 Å². The lowest BCUT2D eigenvalue weighted by Crippen LogP contribution is -2.41. The van der Waals surface area contributed by atoms with Gasteiger partial charge in [-0.25, -0.2) is 0 Å². The summed E-state index contributed by atoms with van der Waals surface area (Å²) in [6, 6.07) is 6.63. The predicted molar refractivity (Wildman–Crippen MR) is 72.0 cm³/mol. The summed E-state index contributed by atoms with van der Waals surface area (Å²) < 4.78 is 0. The second-order valence-corrected chi connectivity index (χ2v) is 5.54. The number of nitrogens with zero attached hydrogens (tertiary/aromatic N) is 2. The number of carbonyl (C=O) groups is 1. The van der Waals surface area contributed by atoms with Gasteiger partial charge >= 0.3 is 0 Å². The lowest BCUT2D eigenvalue weighted by molar-refractivity contribution is 0.0661. The molecule has 4 nitrogen and oxygen atoms in total. The van der Waals surface area contributed by atoms with E-state index in [9.17, 15) is 9.90 Å². The molecule has 1 fully saturated rings. The molecule has 2 rings (SSSR count). The molecule has 1 aliphatic rings. The van der Waals surface area contributed by atoms with Crippen LogP contribution < -0.4 is 0 Å². The molecule has 100 valence electrons. The molecule has 1 aromatic carbocycles. The topological polar surface area (TPSA) is 64.3 Å². The average molecular weight is 279 g/mol. The zero-order valence-corrected chi connectivity index (χ0v) is 11.4. The highest BCUT2D eigenvalue weighted by molar-refractivity contribution is 6.33. The molecule has 0 atom stereocenters. The Kier molecular flexibility index (Phi) is 3.68. The zero-order valence-electron chi connectivity index (χ0n) is 10.7. The van der Waals surface area contributed by atoms with Crippen molar-refractivity contribution in [3.8, 4) is 11.8 Å².